The highest BCUT2D eigenvalue weighted by Crippen LogP contribution is 2.27. The maximum atomic E-state index is 9.38. The molecule has 28 heavy (non-hydrogen) atoms. The lowest BCUT2D eigenvalue weighted by Crippen LogP contribution is -1.90. The molecule has 152 valence electrons. The van der Waals surface area contributed by atoms with E-state index in [4.69, 9.17) is 5.11 Å². The minimum atomic E-state index is 0.170. The summed E-state index contributed by atoms with van der Waals surface area (Å²) in [6.45, 7) is 12.5. The first-order valence-corrected chi connectivity index (χ1v) is 10.6. The highest BCUT2D eigenvalue weighted by Gasteiger charge is 2.11. The minimum Gasteiger partial charge on any atom is -0.508 e. The van der Waals surface area contributed by atoms with Gasteiger partial charge in [0, 0.05) is 5.39 Å². The van der Waals surface area contributed by atoms with Crippen LogP contribution in [0.4, 0.5) is 0 Å². The fourth-order valence-corrected chi connectivity index (χ4v) is 3.20. The van der Waals surface area contributed by atoms with E-state index < -0.39 is 0 Å². The lowest BCUT2D eigenvalue weighted by atomic mass is 9.99. The van der Waals surface area contributed by atoms with E-state index >= 15 is 0 Å². The molecule has 0 unspecified atom stereocenters. The molecule has 0 heterocycles. The SMILES string of the molecule is CC.CC.CC(C)c1ccc2c(c1)CCC2.Oc1ccc2cccc(O)c2c1. The van der Waals surface area contributed by atoms with E-state index in [1.165, 1.54) is 24.8 Å². The average molecular weight is 381 g/mol. The Bertz CT molecular complexity index is 850. The normalized spacial score (nSPS) is 11.4. The van der Waals surface area contributed by atoms with E-state index in [1.54, 1.807) is 41.5 Å². The van der Waals surface area contributed by atoms with Crippen LogP contribution in [0, 0.1) is 0 Å². The Balaban J connectivity index is 0.000000238. The van der Waals surface area contributed by atoms with Gasteiger partial charge in [-0.1, -0.05) is 77.9 Å². The Hall–Kier alpha value is -2.48. The molecule has 0 amide bonds. The number of hydrogen-bond donors (Lipinski definition) is 2. The van der Waals surface area contributed by atoms with Crippen molar-refractivity contribution in [2.45, 2.75) is 66.7 Å². The lowest BCUT2D eigenvalue weighted by molar-refractivity contribution is 0.471. The standard InChI is InChI=1S/C12H16.C10H8O2.2C2H6/c1-9(2)11-7-6-10-4-3-5-12(10)8-11;11-8-5-4-7-2-1-3-10(12)9(7)6-8;2*1-2/h6-9H,3-5H2,1-2H3;1-6,11-12H;2*1-2H3. The molecule has 2 heteroatoms. The monoisotopic (exact) mass is 380 g/mol. The first kappa shape index (κ1) is 23.6. The zero-order valence-electron chi connectivity index (χ0n) is 18.3. The summed E-state index contributed by atoms with van der Waals surface area (Å²) < 4.78 is 0. The van der Waals surface area contributed by atoms with Gasteiger partial charge in [-0.15, -0.1) is 0 Å². The van der Waals surface area contributed by atoms with Crippen LogP contribution in [0.5, 0.6) is 11.5 Å². The molecule has 2 nitrogen and oxygen atoms in total. The van der Waals surface area contributed by atoms with E-state index in [-0.39, 0.29) is 11.5 Å². The summed E-state index contributed by atoms with van der Waals surface area (Å²) in [7, 11) is 0. The first-order chi connectivity index (χ1) is 13.5. The molecule has 0 atom stereocenters. The van der Waals surface area contributed by atoms with Crippen molar-refractivity contribution in [3.05, 3.63) is 71.3 Å². The summed E-state index contributed by atoms with van der Waals surface area (Å²) >= 11 is 0. The first-order valence-electron chi connectivity index (χ1n) is 10.6. The summed E-state index contributed by atoms with van der Waals surface area (Å²) in [6.07, 6.45) is 3.96. The van der Waals surface area contributed by atoms with Crippen LogP contribution in [-0.2, 0) is 12.8 Å². The lowest BCUT2D eigenvalue weighted by Gasteiger charge is -2.07. The van der Waals surface area contributed by atoms with Gasteiger partial charge in [-0.05, 0) is 65.5 Å². The minimum absolute atomic E-state index is 0.170. The zero-order chi connectivity index (χ0) is 21.1. The van der Waals surface area contributed by atoms with Crippen molar-refractivity contribution < 1.29 is 10.2 Å². The molecule has 0 spiro atoms. The summed E-state index contributed by atoms with van der Waals surface area (Å²) in [5, 5.41) is 20.1. The maximum absolute atomic E-state index is 9.38. The van der Waals surface area contributed by atoms with Crippen molar-refractivity contribution in [2.75, 3.05) is 0 Å². The van der Waals surface area contributed by atoms with Crippen LogP contribution in [0.2, 0.25) is 0 Å². The van der Waals surface area contributed by atoms with Gasteiger partial charge in [0.05, 0.1) is 0 Å². The molecule has 0 saturated carbocycles. The molecule has 3 aromatic rings. The molecular weight excluding hydrogens is 344 g/mol. The predicted molar refractivity (Wildman–Crippen MR) is 123 cm³/mol. The highest BCUT2D eigenvalue weighted by molar-refractivity contribution is 5.89. The van der Waals surface area contributed by atoms with Gasteiger partial charge in [0.2, 0.25) is 0 Å². The molecule has 0 saturated heterocycles. The van der Waals surface area contributed by atoms with Crippen molar-refractivity contribution in [1.82, 2.24) is 0 Å². The third-order valence-electron chi connectivity index (χ3n) is 4.63. The van der Waals surface area contributed by atoms with Crippen molar-refractivity contribution in [3.63, 3.8) is 0 Å². The van der Waals surface area contributed by atoms with Crippen LogP contribution >= 0.6 is 0 Å². The van der Waals surface area contributed by atoms with Gasteiger partial charge < -0.3 is 10.2 Å². The summed E-state index contributed by atoms with van der Waals surface area (Å²) in [4.78, 5) is 0. The van der Waals surface area contributed by atoms with Crippen LogP contribution in [-0.4, -0.2) is 10.2 Å². The Labute approximate surface area is 170 Å². The van der Waals surface area contributed by atoms with Crippen molar-refractivity contribution >= 4 is 10.8 Å². The smallest absolute Gasteiger partial charge is 0.123 e. The molecule has 1 aliphatic carbocycles. The number of phenols is 2. The summed E-state index contributed by atoms with van der Waals surface area (Å²) in [6, 6.07) is 17.2. The molecule has 0 aliphatic heterocycles. The van der Waals surface area contributed by atoms with E-state index in [1.807, 2.05) is 33.8 Å². The van der Waals surface area contributed by atoms with Crippen molar-refractivity contribution in [2.24, 2.45) is 0 Å². The predicted octanol–water partition coefficient (Wildman–Crippen LogP) is 7.60. The van der Waals surface area contributed by atoms with Crippen LogP contribution in [0.1, 0.15) is 70.6 Å². The molecule has 0 fully saturated rings. The van der Waals surface area contributed by atoms with Gasteiger partial charge >= 0.3 is 0 Å². The maximum Gasteiger partial charge on any atom is 0.123 e. The molecule has 0 bridgehead atoms. The van der Waals surface area contributed by atoms with Gasteiger partial charge in [0.25, 0.3) is 0 Å². The Morgan fingerprint density at radius 1 is 0.750 bits per heavy atom. The Kier molecular flexibility index (Phi) is 10.2. The number of aryl methyl sites for hydroxylation is 2. The van der Waals surface area contributed by atoms with E-state index in [0.717, 1.165) is 5.39 Å². The van der Waals surface area contributed by atoms with E-state index in [2.05, 4.69) is 32.0 Å². The largest absolute Gasteiger partial charge is 0.508 e. The van der Waals surface area contributed by atoms with Crippen LogP contribution in [0.25, 0.3) is 10.8 Å². The Morgan fingerprint density at radius 2 is 1.43 bits per heavy atom. The zero-order valence-corrected chi connectivity index (χ0v) is 18.3. The fourth-order valence-electron chi connectivity index (χ4n) is 3.20. The third kappa shape index (κ3) is 6.30. The summed E-state index contributed by atoms with van der Waals surface area (Å²) in [5.41, 5.74) is 4.68. The van der Waals surface area contributed by atoms with Gasteiger partial charge in [-0.3, -0.25) is 0 Å². The number of hydrogen-bond acceptors (Lipinski definition) is 2. The second-order valence-corrected chi connectivity index (χ2v) is 6.72. The molecular formula is C26H36O2. The summed E-state index contributed by atoms with van der Waals surface area (Å²) in [5.74, 6) is 1.04. The number of rotatable bonds is 1. The van der Waals surface area contributed by atoms with Crippen LogP contribution in [0.15, 0.2) is 54.6 Å². The van der Waals surface area contributed by atoms with Crippen LogP contribution < -0.4 is 0 Å². The molecule has 2 N–H and O–H groups in total. The van der Waals surface area contributed by atoms with Gasteiger partial charge in [0.1, 0.15) is 11.5 Å². The number of aromatic hydroxyl groups is 2. The Morgan fingerprint density at radius 3 is 2.11 bits per heavy atom. The fraction of sp³-hybridized carbons (Fsp3) is 0.385. The number of phenolic OH excluding ortho intramolecular Hbond substituents is 2. The highest BCUT2D eigenvalue weighted by atomic mass is 16.3. The van der Waals surface area contributed by atoms with Crippen molar-refractivity contribution in [3.8, 4) is 11.5 Å². The second-order valence-electron chi connectivity index (χ2n) is 6.72. The molecule has 3 aromatic carbocycles. The number of fused-ring (bicyclic) bond motifs is 2. The third-order valence-corrected chi connectivity index (χ3v) is 4.63. The molecule has 1 aliphatic rings. The average Bonchev–Trinajstić information content (AvgIpc) is 3.20. The van der Waals surface area contributed by atoms with Crippen molar-refractivity contribution in [1.29, 1.82) is 0 Å². The van der Waals surface area contributed by atoms with E-state index in [0.29, 0.717) is 11.3 Å². The molecule has 4 rings (SSSR count). The van der Waals surface area contributed by atoms with Crippen LogP contribution in [0.3, 0.4) is 0 Å². The molecule has 0 radical (unpaired) electrons. The molecule has 0 aromatic heterocycles. The van der Waals surface area contributed by atoms with Gasteiger partial charge in [-0.2, -0.15) is 0 Å². The van der Waals surface area contributed by atoms with E-state index in [9.17, 15) is 5.11 Å². The van der Waals surface area contributed by atoms with Gasteiger partial charge in [-0.25, -0.2) is 0 Å². The quantitative estimate of drug-likeness (QED) is 0.456. The topological polar surface area (TPSA) is 40.5 Å². The number of benzene rings is 3. The second kappa shape index (κ2) is 12.1. The van der Waals surface area contributed by atoms with Gasteiger partial charge in [0.15, 0.2) is 0 Å².